The van der Waals surface area contributed by atoms with E-state index in [0.29, 0.717) is 6.01 Å². The van der Waals surface area contributed by atoms with Crippen molar-refractivity contribution in [3.05, 3.63) is 53.1 Å². The Bertz CT molecular complexity index is 1460. The number of aliphatic imine (C=N–C) groups is 1. The number of nitrogens with two attached hydrogens (primary N) is 1. The maximum absolute atomic E-state index is 6.43. The molecular formula is C27H32N8O2. The standard InChI is InChI=1S/C27H32N8O2/c1-16-12-17(2)24-21(13-16)32-27(37-24)31-19-6-4-18(5-7-19)23-22-25(28)29-15-30-26(22)35(33-23)20-8-9-34(14-20)10-11-36-3/h4-7,12-13,15,20,25H,8-11,14,28H2,1-3H3,(H,29,30)(H,31,32). The quantitative estimate of drug-likeness (QED) is 0.343. The number of anilines is 3. The van der Waals surface area contributed by atoms with Crippen molar-refractivity contribution >= 4 is 35.0 Å². The normalized spacial score (nSPS) is 19.4. The summed E-state index contributed by atoms with van der Waals surface area (Å²) in [7, 11) is 1.74. The molecule has 10 heteroatoms. The van der Waals surface area contributed by atoms with Crippen molar-refractivity contribution in [3.8, 4) is 11.3 Å². The van der Waals surface area contributed by atoms with Gasteiger partial charge in [0.15, 0.2) is 5.58 Å². The molecule has 0 aliphatic carbocycles. The van der Waals surface area contributed by atoms with E-state index in [0.717, 1.165) is 83.2 Å². The number of aromatic nitrogens is 3. The minimum atomic E-state index is -0.463. The summed E-state index contributed by atoms with van der Waals surface area (Å²) in [5, 5.41) is 11.6. The summed E-state index contributed by atoms with van der Waals surface area (Å²) in [6.07, 6.45) is 2.23. The summed E-state index contributed by atoms with van der Waals surface area (Å²) in [5.41, 5.74) is 13.9. The number of likely N-dealkylation sites (tertiary alicyclic amines) is 1. The van der Waals surface area contributed by atoms with Crippen LogP contribution in [-0.4, -0.2) is 59.4 Å². The summed E-state index contributed by atoms with van der Waals surface area (Å²) in [6.45, 7) is 7.69. The van der Waals surface area contributed by atoms with Gasteiger partial charge in [0.05, 0.1) is 24.6 Å². The van der Waals surface area contributed by atoms with Crippen molar-refractivity contribution < 1.29 is 9.15 Å². The molecule has 2 aliphatic heterocycles. The lowest BCUT2D eigenvalue weighted by molar-refractivity contribution is 0.159. The van der Waals surface area contributed by atoms with E-state index in [4.69, 9.17) is 20.0 Å². The van der Waals surface area contributed by atoms with E-state index in [1.807, 2.05) is 37.3 Å². The topological polar surface area (TPSA) is 119 Å². The number of fused-ring (bicyclic) bond motifs is 2. The Morgan fingerprint density at radius 2 is 2.05 bits per heavy atom. The number of ether oxygens (including phenoxy) is 1. The van der Waals surface area contributed by atoms with Crippen LogP contribution in [0.5, 0.6) is 0 Å². The van der Waals surface area contributed by atoms with Crippen LogP contribution >= 0.6 is 0 Å². The molecule has 1 saturated heterocycles. The zero-order valence-corrected chi connectivity index (χ0v) is 21.4. The van der Waals surface area contributed by atoms with Crippen molar-refractivity contribution in [2.24, 2.45) is 10.7 Å². The van der Waals surface area contributed by atoms with Gasteiger partial charge in [-0.3, -0.25) is 9.89 Å². The molecule has 2 aromatic carbocycles. The second-order valence-electron chi connectivity index (χ2n) is 9.81. The molecule has 0 spiro atoms. The van der Waals surface area contributed by atoms with Crippen molar-refractivity contribution in [2.75, 3.05) is 44.0 Å². The van der Waals surface area contributed by atoms with Crippen LogP contribution in [0.15, 0.2) is 45.8 Å². The molecule has 2 atom stereocenters. The molecule has 37 heavy (non-hydrogen) atoms. The predicted molar refractivity (Wildman–Crippen MR) is 145 cm³/mol. The van der Waals surface area contributed by atoms with Gasteiger partial charge < -0.3 is 25.5 Å². The van der Waals surface area contributed by atoms with E-state index in [-0.39, 0.29) is 6.04 Å². The molecule has 0 amide bonds. The van der Waals surface area contributed by atoms with Gasteiger partial charge in [-0.2, -0.15) is 10.1 Å². The minimum Gasteiger partial charge on any atom is -0.423 e. The fourth-order valence-corrected chi connectivity index (χ4v) is 5.30. The van der Waals surface area contributed by atoms with E-state index in [1.54, 1.807) is 13.4 Å². The maximum Gasteiger partial charge on any atom is 0.300 e. The van der Waals surface area contributed by atoms with Gasteiger partial charge in [-0.15, -0.1) is 0 Å². The molecule has 2 unspecified atom stereocenters. The lowest BCUT2D eigenvalue weighted by Gasteiger charge is -2.20. The van der Waals surface area contributed by atoms with E-state index in [1.165, 1.54) is 0 Å². The highest BCUT2D eigenvalue weighted by atomic mass is 16.5. The van der Waals surface area contributed by atoms with Gasteiger partial charge in [-0.05, 0) is 49.6 Å². The van der Waals surface area contributed by atoms with Crippen LogP contribution in [-0.2, 0) is 4.74 Å². The average Bonchev–Trinajstić information content (AvgIpc) is 3.60. The smallest absolute Gasteiger partial charge is 0.300 e. The fraction of sp³-hybridized carbons (Fsp3) is 0.370. The second kappa shape index (κ2) is 9.62. The number of aryl methyl sites for hydroxylation is 2. The predicted octanol–water partition coefficient (Wildman–Crippen LogP) is 4.36. The monoisotopic (exact) mass is 500 g/mol. The Kier molecular flexibility index (Phi) is 6.15. The minimum absolute atomic E-state index is 0.262. The lowest BCUT2D eigenvalue weighted by Crippen LogP contribution is -2.26. The molecular weight excluding hydrogens is 468 g/mol. The van der Waals surface area contributed by atoms with E-state index < -0.39 is 6.17 Å². The SMILES string of the molecule is COCCN1CCC(n2nc(-c3ccc(Nc4nc5cc(C)cc(C)c5o4)cc3)c3c2NC=NC3N)C1. The molecule has 10 nitrogen and oxygen atoms in total. The molecule has 1 fully saturated rings. The van der Waals surface area contributed by atoms with Crippen molar-refractivity contribution in [3.63, 3.8) is 0 Å². The summed E-state index contributed by atoms with van der Waals surface area (Å²) in [5.74, 6) is 0.926. The highest BCUT2D eigenvalue weighted by molar-refractivity contribution is 5.84. The molecule has 2 aliphatic rings. The number of methoxy groups -OCH3 is 1. The Morgan fingerprint density at radius 1 is 1.22 bits per heavy atom. The van der Waals surface area contributed by atoms with Crippen LogP contribution in [0.3, 0.4) is 0 Å². The Labute approximate surface area is 215 Å². The number of nitrogens with zero attached hydrogens (tertiary/aromatic N) is 5. The van der Waals surface area contributed by atoms with Crippen molar-refractivity contribution in [2.45, 2.75) is 32.5 Å². The number of hydrogen-bond donors (Lipinski definition) is 3. The summed E-state index contributed by atoms with van der Waals surface area (Å²) < 4.78 is 13.3. The highest BCUT2D eigenvalue weighted by Gasteiger charge is 2.32. The summed E-state index contributed by atoms with van der Waals surface area (Å²) >= 11 is 0. The van der Waals surface area contributed by atoms with Crippen LogP contribution in [0.25, 0.3) is 22.4 Å². The van der Waals surface area contributed by atoms with E-state index in [2.05, 4.69) is 43.2 Å². The molecule has 0 radical (unpaired) electrons. The molecule has 4 N–H and O–H groups in total. The number of rotatable bonds is 7. The van der Waals surface area contributed by atoms with Gasteiger partial charge in [0, 0.05) is 38.0 Å². The average molecular weight is 501 g/mol. The largest absolute Gasteiger partial charge is 0.423 e. The number of nitrogens with one attached hydrogen (secondary N) is 2. The molecule has 2 aromatic heterocycles. The first-order valence-electron chi connectivity index (χ1n) is 12.6. The molecule has 4 aromatic rings. The maximum atomic E-state index is 6.43. The van der Waals surface area contributed by atoms with Gasteiger partial charge in [0.1, 0.15) is 23.2 Å². The van der Waals surface area contributed by atoms with Crippen LogP contribution in [0.4, 0.5) is 17.5 Å². The van der Waals surface area contributed by atoms with Crippen LogP contribution in [0.1, 0.15) is 35.3 Å². The molecule has 0 bridgehead atoms. The van der Waals surface area contributed by atoms with Gasteiger partial charge in [-0.25, -0.2) is 4.68 Å². The van der Waals surface area contributed by atoms with Crippen LogP contribution in [0, 0.1) is 13.8 Å². The van der Waals surface area contributed by atoms with Crippen molar-refractivity contribution in [1.82, 2.24) is 19.7 Å². The third kappa shape index (κ3) is 4.48. The second-order valence-corrected chi connectivity index (χ2v) is 9.81. The zero-order valence-electron chi connectivity index (χ0n) is 21.4. The Morgan fingerprint density at radius 3 is 2.86 bits per heavy atom. The Balaban J connectivity index is 1.26. The van der Waals surface area contributed by atoms with Crippen LogP contribution in [0.2, 0.25) is 0 Å². The number of benzene rings is 2. The molecule has 192 valence electrons. The van der Waals surface area contributed by atoms with Gasteiger partial charge in [0.25, 0.3) is 6.01 Å². The third-order valence-corrected chi connectivity index (χ3v) is 7.11. The summed E-state index contributed by atoms with van der Waals surface area (Å²) in [6, 6.07) is 12.9. The first-order valence-corrected chi connectivity index (χ1v) is 12.6. The highest BCUT2D eigenvalue weighted by Crippen LogP contribution is 2.38. The zero-order chi connectivity index (χ0) is 25.5. The molecule has 6 rings (SSSR count). The van der Waals surface area contributed by atoms with Gasteiger partial charge in [-0.1, -0.05) is 18.2 Å². The van der Waals surface area contributed by atoms with Gasteiger partial charge >= 0.3 is 0 Å². The fourth-order valence-electron chi connectivity index (χ4n) is 5.30. The van der Waals surface area contributed by atoms with Crippen molar-refractivity contribution in [1.29, 1.82) is 0 Å². The van der Waals surface area contributed by atoms with Gasteiger partial charge in [0.2, 0.25) is 0 Å². The van der Waals surface area contributed by atoms with Crippen LogP contribution < -0.4 is 16.4 Å². The first kappa shape index (κ1) is 23.7. The Hall–Kier alpha value is -3.73. The van der Waals surface area contributed by atoms with E-state index in [9.17, 15) is 0 Å². The summed E-state index contributed by atoms with van der Waals surface area (Å²) in [4.78, 5) is 11.4. The third-order valence-electron chi connectivity index (χ3n) is 7.11. The first-order chi connectivity index (χ1) is 18.0. The molecule has 4 heterocycles. The lowest BCUT2D eigenvalue weighted by atomic mass is 10.0. The number of hydrogen-bond acceptors (Lipinski definition) is 9. The number of oxazole rings is 1. The molecule has 0 saturated carbocycles. The van der Waals surface area contributed by atoms with E-state index >= 15 is 0 Å².